The average Bonchev–Trinajstić information content (AvgIpc) is 3.16. The first-order valence-electron chi connectivity index (χ1n) is 11.1. The number of alkyl halides is 3. The van der Waals surface area contributed by atoms with E-state index < -0.39 is 11.7 Å². The molecular formula is C27H32F3NO. The Morgan fingerprint density at radius 2 is 1.50 bits per heavy atom. The van der Waals surface area contributed by atoms with Gasteiger partial charge in [-0.2, -0.15) is 13.2 Å². The Balaban J connectivity index is 0.000000860. The van der Waals surface area contributed by atoms with Crippen molar-refractivity contribution in [1.82, 2.24) is 0 Å². The topological polar surface area (TPSA) is 35.2 Å². The van der Waals surface area contributed by atoms with Crippen LogP contribution in [0.15, 0.2) is 72.8 Å². The highest BCUT2D eigenvalue weighted by Crippen LogP contribution is 2.33. The highest BCUT2D eigenvalue weighted by atomic mass is 19.4. The lowest BCUT2D eigenvalue weighted by Crippen LogP contribution is -2.25. The van der Waals surface area contributed by atoms with Gasteiger partial charge in [0.05, 0.1) is 24.3 Å². The molecule has 0 saturated heterocycles. The Bertz CT molecular complexity index is 967. The van der Waals surface area contributed by atoms with Crippen LogP contribution in [0.1, 0.15) is 56.0 Å². The van der Waals surface area contributed by atoms with Gasteiger partial charge in [0.2, 0.25) is 0 Å². The number of fused-ring (bicyclic) bond motifs is 1. The molecule has 0 saturated carbocycles. The van der Waals surface area contributed by atoms with Crippen molar-refractivity contribution < 1.29 is 17.9 Å². The summed E-state index contributed by atoms with van der Waals surface area (Å²) >= 11 is 0. The van der Waals surface area contributed by atoms with Gasteiger partial charge < -0.3 is 10.5 Å². The van der Waals surface area contributed by atoms with E-state index in [2.05, 4.69) is 6.07 Å². The summed E-state index contributed by atoms with van der Waals surface area (Å²) in [4.78, 5) is 0. The molecule has 0 spiro atoms. The second-order valence-corrected chi connectivity index (χ2v) is 7.05. The lowest BCUT2D eigenvalue weighted by atomic mass is 10.0. The zero-order valence-electron chi connectivity index (χ0n) is 19.1. The van der Waals surface area contributed by atoms with Crippen molar-refractivity contribution in [3.63, 3.8) is 0 Å². The lowest BCUT2D eigenvalue weighted by molar-refractivity contribution is -0.137. The van der Waals surface area contributed by atoms with E-state index >= 15 is 0 Å². The summed E-state index contributed by atoms with van der Waals surface area (Å²) < 4.78 is 44.7. The van der Waals surface area contributed by atoms with Crippen LogP contribution in [0, 0.1) is 0 Å². The van der Waals surface area contributed by atoms with Gasteiger partial charge in [0.25, 0.3) is 0 Å². The maximum Gasteiger partial charge on any atom is 0.416 e. The summed E-state index contributed by atoms with van der Waals surface area (Å²) in [7, 11) is 0. The number of rotatable bonds is 4. The first-order chi connectivity index (χ1) is 15.4. The summed E-state index contributed by atoms with van der Waals surface area (Å²) in [6.07, 6.45) is -3.62. The van der Waals surface area contributed by atoms with Crippen LogP contribution in [0.5, 0.6) is 0 Å². The number of hydrogen-bond acceptors (Lipinski definition) is 2. The first-order valence-corrected chi connectivity index (χ1v) is 11.1. The minimum absolute atomic E-state index is 0.0689. The average molecular weight is 444 g/mol. The van der Waals surface area contributed by atoms with Crippen molar-refractivity contribution >= 4 is 0 Å². The minimum Gasteiger partial charge on any atom is -0.371 e. The largest absolute Gasteiger partial charge is 0.416 e. The Hall–Kier alpha value is -2.63. The number of nitrogens with two attached hydrogens (primary N) is 1. The molecule has 0 aromatic heterocycles. The van der Waals surface area contributed by atoms with E-state index in [-0.39, 0.29) is 12.1 Å². The molecule has 0 heterocycles. The third kappa shape index (κ3) is 6.21. The van der Waals surface area contributed by atoms with Gasteiger partial charge in [-0.1, -0.05) is 88.4 Å². The number of hydrogen-bond donors (Lipinski definition) is 1. The van der Waals surface area contributed by atoms with Gasteiger partial charge in [-0.05, 0) is 39.9 Å². The van der Waals surface area contributed by atoms with E-state index in [1.54, 1.807) is 6.07 Å². The molecule has 0 radical (unpaired) electrons. The fourth-order valence-corrected chi connectivity index (χ4v) is 3.62. The molecular weight excluding hydrogens is 411 g/mol. The van der Waals surface area contributed by atoms with Crippen molar-refractivity contribution in [2.24, 2.45) is 5.73 Å². The molecule has 32 heavy (non-hydrogen) atoms. The van der Waals surface area contributed by atoms with E-state index in [4.69, 9.17) is 10.5 Å². The lowest BCUT2D eigenvalue weighted by Gasteiger charge is -2.17. The van der Waals surface area contributed by atoms with Crippen LogP contribution in [-0.4, -0.2) is 6.10 Å². The van der Waals surface area contributed by atoms with Crippen LogP contribution in [0.3, 0.4) is 0 Å². The highest BCUT2D eigenvalue weighted by Gasteiger charge is 2.31. The Kier molecular flexibility index (Phi) is 9.48. The molecule has 1 aliphatic carbocycles. The number of halogens is 3. The number of benzene rings is 3. The van der Waals surface area contributed by atoms with Crippen molar-refractivity contribution in [3.8, 4) is 11.1 Å². The quantitative estimate of drug-likeness (QED) is 0.451. The van der Waals surface area contributed by atoms with Gasteiger partial charge in [0.15, 0.2) is 0 Å². The Morgan fingerprint density at radius 3 is 2.12 bits per heavy atom. The molecule has 0 bridgehead atoms. The molecule has 3 aromatic carbocycles. The van der Waals surface area contributed by atoms with Crippen molar-refractivity contribution in [3.05, 3.63) is 95.1 Å². The third-order valence-electron chi connectivity index (χ3n) is 5.18. The predicted octanol–water partition coefficient (Wildman–Crippen LogP) is 7.57. The number of ether oxygens (including phenoxy) is 1. The van der Waals surface area contributed by atoms with Gasteiger partial charge in [-0.3, -0.25) is 0 Å². The van der Waals surface area contributed by atoms with Crippen molar-refractivity contribution in [1.29, 1.82) is 0 Å². The standard InChI is InChI=1S/C23H20F3NO.2C2H6/c24-23(25,26)19-6-3-5-17(12-19)16-10-8-15(9-11-16)14-28-21-13-18-4-1-2-7-20(18)22(21)27;2*1-2/h1-12,21-22H,13-14,27H2;2*1-2H3. The molecule has 0 amide bonds. The summed E-state index contributed by atoms with van der Waals surface area (Å²) in [5, 5.41) is 0. The van der Waals surface area contributed by atoms with E-state index in [1.807, 2.05) is 70.2 Å². The molecule has 2 N–H and O–H groups in total. The molecule has 172 valence electrons. The first kappa shape index (κ1) is 25.6. The molecule has 3 aromatic rings. The Labute approximate surface area is 189 Å². The van der Waals surface area contributed by atoms with Crippen LogP contribution in [0.2, 0.25) is 0 Å². The van der Waals surface area contributed by atoms with Crippen LogP contribution in [-0.2, 0) is 23.9 Å². The normalized spacial score (nSPS) is 16.9. The molecule has 4 rings (SSSR count). The van der Waals surface area contributed by atoms with Crippen molar-refractivity contribution in [2.45, 2.75) is 59.0 Å². The molecule has 1 aliphatic rings. The van der Waals surface area contributed by atoms with Crippen LogP contribution in [0.4, 0.5) is 13.2 Å². The molecule has 0 aliphatic heterocycles. The Morgan fingerprint density at radius 1 is 0.844 bits per heavy atom. The summed E-state index contributed by atoms with van der Waals surface area (Å²) in [5.74, 6) is 0. The van der Waals surface area contributed by atoms with Crippen LogP contribution in [0.25, 0.3) is 11.1 Å². The molecule has 5 heteroatoms. The van der Waals surface area contributed by atoms with Gasteiger partial charge in [0.1, 0.15) is 0 Å². The van der Waals surface area contributed by atoms with E-state index in [9.17, 15) is 13.2 Å². The molecule has 2 atom stereocenters. The maximum atomic E-state index is 12.9. The van der Waals surface area contributed by atoms with Gasteiger partial charge >= 0.3 is 6.18 Å². The van der Waals surface area contributed by atoms with Crippen molar-refractivity contribution in [2.75, 3.05) is 0 Å². The van der Waals surface area contributed by atoms with Gasteiger partial charge in [-0.25, -0.2) is 0 Å². The van der Waals surface area contributed by atoms with E-state index in [0.717, 1.165) is 29.2 Å². The van der Waals surface area contributed by atoms with Gasteiger partial charge in [-0.15, -0.1) is 0 Å². The zero-order valence-corrected chi connectivity index (χ0v) is 19.1. The SMILES string of the molecule is CC.CC.NC1c2ccccc2CC1OCc1ccc(-c2cccc(C(F)(F)F)c2)cc1. The zero-order chi connectivity index (χ0) is 23.7. The third-order valence-corrected chi connectivity index (χ3v) is 5.18. The van der Waals surface area contributed by atoms with Crippen LogP contribution >= 0.6 is 0 Å². The molecule has 0 fully saturated rings. The molecule has 2 nitrogen and oxygen atoms in total. The fraction of sp³-hybridized carbons (Fsp3) is 0.333. The van der Waals surface area contributed by atoms with Crippen LogP contribution < -0.4 is 5.73 Å². The molecule has 2 unspecified atom stereocenters. The van der Waals surface area contributed by atoms with Gasteiger partial charge in [0, 0.05) is 6.42 Å². The maximum absolute atomic E-state index is 12.9. The monoisotopic (exact) mass is 443 g/mol. The van der Waals surface area contributed by atoms with E-state index in [1.165, 1.54) is 17.7 Å². The minimum atomic E-state index is -4.35. The predicted molar refractivity (Wildman–Crippen MR) is 125 cm³/mol. The second kappa shape index (κ2) is 11.8. The highest BCUT2D eigenvalue weighted by molar-refractivity contribution is 5.64. The second-order valence-electron chi connectivity index (χ2n) is 7.05. The summed E-state index contributed by atoms with van der Waals surface area (Å²) in [6.45, 7) is 8.41. The smallest absolute Gasteiger partial charge is 0.371 e. The van der Waals surface area contributed by atoms with E-state index in [0.29, 0.717) is 12.2 Å². The summed E-state index contributed by atoms with van der Waals surface area (Å²) in [6, 6.07) is 20.7. The summed E-state index contributed by atoms with van der Waals surface area (Å²) in [5.41, 5.74) is 10.2. The fourth-order valence-electron chi connectivity index (χ4n) is 3.62.